The van der Waals surface area contributed by atoms with Crippen molar-refractivity contribution in [1.29, 1.82) is 0 Å². The predicted octanol–water partition coefficient (Wildman–Crippen LogP) is 2.20. The number of hydrogen-bond donors (Lipinski definition) is 2. The van der Waals surface area contributed by atoms with Crippen LogP contribution in [0.15, 0.2) is 28.7 Å². The van der Waals surface area contributed by atoms with Crippen molar-refractivity contribution in [2.45, 2.75) is 24.9 Å². The molecular weight excluding hydrogens is 240 g/mol. The van der Waals surface area contributed by atoms with E-state index in [9.17, 15) is 0 Å². The number of halogens is 1. The zero-order valence-corrected chi connectivity index (χ0v) is 9.63. The van der Waals surface area contributed by atoms with Crippen LogP contribution in [-0.2, 0) is 0 Å². The highest BCUT2D eigenvalue weighted by Gasteiger charge is 2.22. The highest BCUT2D eigenvalue weighted by atomic mass is 79.9. The third-order valence-electron chi connectivity index (χ3n) is 2.77. The average molecular weight is 255 g/mol. The van der Waals surface area contributed by atoms with Crippen LogP contribution in [0.1, 0.15) is 24.4 Å². The third-order valence-corrected chi connectivity index (χ3v) is 3.26. The van der Waals surface area contributed by atoms with E-state index in [0.29, 0.717) is 6.04 Å². The number of nitrogens with one attached hydrogen (secondary N) is 1. The Morgan fingerprint density at radius 2 is 2.36 bits per heavy atom. The van der Waals surface area contributed by atoms with Gasteiger partial charge in [0.05, 0.1) is 0 Å². The van der Waals surface area contributed by atoms with Crippen LogP contribution in [0.5, 0.6) is 0 Å². The second-order valence-corrected chi connectivity index (χ2v) is 4.70. The molecule has 3 heteroatoms. The van der Waals surface area contributed by atoms with E-state index in [4.69, 9.17) is 5.73 Å². The average Bonchev–Trinajstić information content (AvgIpc) is 2.69. The molecule has 2 nitrogen and oxygen atoms in total. The first-order chi connectivity index (χ1) is 6.77. The maximum atomic E-state index is 6.19. The summed E-state index contributed by atoms with van der Waals surface area (Å²) in [5.74, 6) is 0. The van der Waals surface area contributed by atoms with Crippen molar-refractivity contribution in [2.75, 3.05) is 6.54 Å². The Balaban J connectivity index is 2.13. The molecule has 0 aromatic heterocycles. The predicted molar refractivity (Wildman–Crippen MR) is 62.1 cm³/mol. The molecule has 1 aromatic rings. The lowest BCUT2D eigenvalue weighted by Gasteiger charge is -2.19. The van der Waals surface area contributed by atoms with Gasteiger partial charge >= 0.3 is 0 Å². The summed E-state index contributed by atoms with van der Waals surface area (Å²) >= 11 is 3.46. The van der Waals surface area contributed by atoms with Gasteiger partial charge in [0.25, 0.3) is 0 Å². The molecule has 3 N–H and O–H groups in total. The van der Waals surface area contributed by atoms with Crippen LogP contribution < -0.4 is 11.1 Å². The second kappa shape index (κ2) is 4.43. The molecule has 76 valence electrons. The van der Waals surface area contributed by atoms with E-state index < -0.39 is 0 Å². The summed E-state index contributed by atoms with van der Waals surface area (Å²) in [7, 11) is 0. The Morgan fingerprint density at radius 1 is 1.50 bits per heavy atom. The molecule has 1 fully saturated rings. The molecule has 1 aromatic carbocycles. The Kier molecular flexibility index (Phi) is 3.21. The van der Waals surface area contributed by atoms with Crippen molar-refractivity contribution >= 4 is 15.9 Å². The largest absolute Gasteiger partial charge is 0.323 e. The SMILES string of the molecule is NC(c1cccc(Br)c1)C1CCCN1. The fraction of sp³-hybridized carbons (Fsp3) is 0.455. The zero-order valence-electron chi connectivity index (χ0n) is 8.04. The number of rotatable bonds is 2. The van der Waals surface area contributed by atoms with Crippen LogP contribution in [0.4, 0.5) is 0 Å². The van der Waals surface area contributed by atoms with E-state index in [0.717, 1.165) is 11.0 Å². The number of benzene rings is 1. The van der Waals surface area contributed by atoms with Gasteiger partial charge in [0.15, 0.2) is 0 Å². The van der Waals surface area contributed by atoms with Crippen LogP contribution in [-0.4, -0.2) is 12.6 Å². The highest BCUT2D eigenvalue weighted by molar-refractivity contribution is 9.10. The van der Waals surface area contributed by atoms with Gasteiger partial charge in [-0.15, -0.1) is 0 Å². The molecule has 1 aliphatic heterocycles. The van der Waals surface area contributed by atoms with Gasteiger partial charge < -0.3 is 11.1 Å². The minimum atomic E-state index is 0.120. The standard InChI is InChI=1S/C11H15BrN2/c12-9-4-1-3-8(7-9)11(13)10-5-2-6-14-10/h1,3-4,7,10-11,14H,2,5-6,13H2. The van der Waals surface area contributed by atoms with Gasteiger partial charge in [-0.05, 0) is 37.1 Å². The summed E-state index contributed by atoms with van der Waals surface area (Å²) in [5.41, 5.74) is 7.39. The molecule has 1 saturated heterocycles. The van der Waals surface area contributed by atoms with Gasteiger partial charge in [-0.2, -0.15) is 0 Å². The monoisotopic (exact) mass is 254 g/mol. The molecule has 2 unspecified atom stereocenters. The van der Waals surface area contributed by atoms with E-state index in [1.54, 1.807) is 0 Å². The minimum absolute atomic E-state index is 0.120. The lowest BCUT2D eigenvalue weighted by atomic mass is 9.99. The van der Waals surface area contributed by atoms with Gasteiger partial charge in [0.2, 0.25) is 0 Å². The van der Waals surface area contributed by atoms with E-state index in [2.05, 4.69) is 33.4 Å². The van der Waals surface area contributed by atoms with Crippen LogP contribution in [0.25, 0.3) is 0 Å². The molecule has 0 radical (unpaired) electrons. The van der Waals surface area contributed by atoms with Crippen molar-refractivity contribution in [2.24, 2.45) is 5.73 Å². The maximum absolute atomic E-state index is 6.19. The fourth-order valence-corrected chi connectivity index (χ4v) is 2.38. The van der Waals surface area contributed by atoms with Crippen molar-refractivity contribution in [3.8, 4) is 0 Å². The first-order valence-corrected chi connectivity index (χ1v) is 5.81. The van der Waals surface area contributed by atoms with Crippen LogP contribution >= 0.6 is 15.9 Å². The molecular formula is C11H15BrN2. The van der Waals surface area contributed by atoms with Gasteiger partial charge in [-0.25, -0.2) is 0 Å². The van der Waals surface area contributed by atoms with Gasteiger partial charge in [0.1, 0.15) is 0 Å². The molecule has 1 heterocycles. The fourth-order valence-electron chi connectivity index (χ4n) is 1.96. The molecule has 2 rings (SSSR count). The van der Waals surface area contributed by atoms with Crippen molar-refractivity contribution < 1.29 is 0 Å². The highest BCUT2D eigenvalue weighted by Crippen LogP contribution is 2.23. The number of nitrogens with two attached hydrogens (primary N) is 1. The summed E-state index contributed by atoms with van der Waals surface area (Å²) < 4.78 is 1.10. The Bertz CT molecular complexity index is 308. The van der Waals surface area contributed by atoms with Crippen molar-refractivity contribution in [3.63, 3.8) is 0 Å². The molecule has 1 aliphatic rings. The first kappa shape index (κ1) is 10.1. The Morgan fingerprint density at radius 3 is 3.00 bits per heavy atom. The molecule has 0 bridgehead atoms. The van der Waals surface area contributed by atoms with E-state index in [1.807, 2.05) is 12.1 Å². The minimum Gasteiger partial charge on any atom is -0.323 e. The zero-order chi connectivity index (χ0) is 9.97. The first-order valence-electron chi connectivity index (χ1n) is 5.02. The van der Waals surface area contributed by atoms with Gasteiger partial charge in [0, 0.05) is 16.6 Å². The van der Waals surface area contributed by atoms with Gasteiger partial charge in [-0.1, -0.05) is 28.1 Å². The van der Waals surface area contributed by atoms with E-state index >= 15 is 0 Å². The molecule has 0 aliphatic carbocycles. The van der Waals surface area contributed by atoms with Crippen LogP contribution in [0.2, 0.25) is 0 Å². The van der Waals surface area contributed by atoms with Crippen molar-refractivity contribution in [1.82, 2.24) is 5.32 Å². The van der Waals surface area contributed by atoms with Crippen LogP contribution in [0.3, 0.4) is 0 Å². The topological polar surface area (TPSA) is 38.0 Å². The van der Waals surface area contributed by atoms with Gasteiger partial charge in [-0.3, -0.25) is 0 Å². The Hall–Kier alpha value is -0.380. The lowest BCUT2D eigenvalue weighted by molar-refractivity contribution is 0.500. The van der Waals surface area contributed by atoms with Crippen LogP contribution in [0, 0.1) is 0 Å². The molecule has 0 spiro atoms. The molecule has 2 atom stereocenters. The Labute approximate surface area is 93.0 Å². The normalized spacial score (nSPS) is 23.7. The van der Waals surface area contributed by atoms with E-state index in [-0.39, 0.29) is 6.04 Å². The smallest absolute Gasteiger partial charge is 0.0451 e. The molecule has 0 amide bonds. The summed E-state index contributed by atoms with van der Waals surface area (Å²) in [6.07, 6.45) is 2.43. The summed E-state index contributed by atoms with van der Waals surface area (Å²) in [6, 6.07) is 8.83. The maximum Gasteiger partial charge on any atom is 0.0451 e. The summed E-state index contributed by atoms with van der Waals surface area (Å²) in [6.45, 7) is 1.10. The lowest BCUT2D eigenvalue weighted by Crippen LogP contribution is -2.34. The summed E-state index contributed by atoms with van der Waals surface area (Å²) in [4.78, 5) is 0. The number of hydrogen-bond acceptors (Lipinski definition) is 2. The molecule has 0 saturated carbocycles. The second-order valence-electron chi connectivity index (χ2n) is 3.78. The quantitative estimate of drug-likeness (QED) is 0.850. The van der Waals surface area contributed by atoms with Crippen molar-refractivity contribution in [3.05, 3.63) is 34.3 Å². The third kappa shape index (κ3) is 2.16. The van der Waals surface area contributed by atoms with E-state index in [1.165, 1.54) is 18.4 Å². The summed E-state index contributed by atoms with van der Waals surface area (Å²) in [5, 5.41) is 3.43. The molecule has 14 heavy (non-hydrogen) atoms.